The van der Waals surface area contributed by atoms with Gasteiger partial charge in [0.1, 0.15) is 6.17 Å². The standard InChI is InChI=1S/C17H28N2OS/c1-6-7-13-16(20)19(11-10-17(3,4)5)15(18-13)14-9-8-12(2)21-14/h8-9,13,15,18H,6-7,10-11H2,1-5H3. The molecule has 3 nitrogen and oxygen atoms in total. The summed E-state index contributed by atoms with van der Waals surface area (Å²) >= 11 is 1.79. The third-order valence-corrected chi connectivity index (χ3v) is 5.02. The Kier molecular flexibility index (Phi) is 5.10. The zero-order chi connectivity index (χ0) is 15.6. The van der Waals surface area contributed by atoms with Gasteiger partial charge in [0.05, 0.1) is 6.04 Å². The van der Waals surface area contributed by atoms with E-state index in [0.29, 0.717) is 0 Å². The Balaban J connectivity index is 2.16. The first kappa shape index (κ1) is 16.5. The molecule has 0 spiro atoms. The molecule has 2 unspecified atom stereocenters. The minimum absolute atomic E-state index is 0.0117. The minimum Gasteiger partial charge on any atom is -0.321 e. The molecule has 0 aliphatic carbocycles. The van der Waals surface area contributed by atoms with Gasteiger partial charge in [0, 0.05) is 16.3 Å². The molecule has 0 radical (unpaired) electrons. The summed E-state index contributed by atoms with van der Waals surface area (Å²) in [7, 11) is 0. The van der Waals surface area contributed by atoms with Gasteiger partial charge in [-0.2, -0.15) is 0 Å². The topological polar surface area (TPSA) is 32.3 Å². The van der Waals surface area contributed by atoms with E-state index in [9.17, 15) is 4.79 Å². The van der Waals surface area contributed by atoms with E-state index in [0.717, 1.165) is 25.8 Å². The smallest absolute Gasteiger partial charge is 0.241 e. The Hall–Kier alpha value is -0.870. The second kappa shape index (κ2) is 6.49. The molecule has 1 fully saturated rings. The van der Waals surface area contributed by atoms with Crippen molar-refractivity contribution in [1.29, 1.82) is 0 Å². The van der Waals surface area contributed by atoms with Gasteiger partial charge in [0.15, 0.2) is 0 Å². The van der Waals surface area contributed by atoms with Gasteiger partial charge in [-0.3, -0.25) is 10.1 Å². The van der Waals surface area contributed by atoms with Crippen molar-refractivity contribution in [1.82, 2.24) is 10.2 Å². The van der Waals surface area contributed by atoms with Crippen LogP contribution in [0.25, 0.3) is 0 Å². The number of thiophene rings is 1. The van der Waals surface area contributed by atoms with Crippen molar-refractivity contribution >= 4 is 17.2 Å². The summed E-state index contributed by atoms with van der Waals surface area (Å²) in [5.41, 5.74) is 0.249. The number of amides is 1. The van der Waals surface area contributed by atoms with Gasteiger partial charge < -0.3 is 4.90 Å². The lowest BCUT2D eigenvalue weighted by atomic mass is 9.92. The Morgan fingerprint density at radius 3 is 2.57 bits per heavy atom. The van der Waals surface area contributed by atoms with Crippen LogP contribution in [0.1, 0.15) is 62.9 Å². The average molecular weight is 308 g/mol. The molecule has 2 rings (SSSR count). The number of aryl methyl sites for hydroxylation is 1. The lowest BCUT2D eigenvalue weighted by molar-refractivity contribution is -0.130. The molecule has 118 valence electrons. The van der Waals surface area contributed by atoms with Crippen LogP contribution in [0.15, 0.2) is 12.1 Å². The van der Waals surface area contributed by atoms with Crippen molar-refractivity contribution in [2.24, 2.45) is 5.41 Å². The average Bonchev–Trinajstić information content (AvgIpc) is 2.92. The molecule has 4 heteroatoms. The molecule has 1 aromatic rings. The molecule has 2 atom stereocenters. The Morgan fingerprint density at radius 2 is 2.05 bits per heavy atom. The van der Waals surface area contributed by atoms with E-state index in [2.05, 4.69) is 57.0 Å². The highest BCUT2D eigenvalue weighted by Gasteiger charge is 2.39. The number of rotatable bonds is 5. The maximum atomic E-state index is 12.7. The highest BCUT2D eigenvalue weighted by molar-refractivity contribution is 7.12. The Morgan fingerprint density at radius 1 is 1.33 bits per heavy atom. The molecule has 1 aromatic heterocycles. The van der Waals surface area contributed by atoms with Gasteiger partial charge in [-0.25, -0.2) is 0 Å². The maximum absolute atomic E-state index is 12.7. The van der Waals surface area contributed by atoms with Crippen molar-refractivity contribution in [2.75, 3.05) is 6.54 Å². The van der Waals surface area contributed by atoms with Crippen molar-refractivity contribution < 1.29 is 4.79 Å². The highest BCUT2D eigenvalue weighted by atomic mass is 32.1. The summed E-state index contributed by atoms with van der Waals surface area (Å²) in [6, 6.07) is 4.28. The number of hydrogen-bond acceptors (Lipinski definition) is 3. The van der Waals surface area contributed by atoms with Crippen molar-refractivity contribution in [3.63, 3.8) is 0 Å². The number of hydrogen-bond donors (Lipinski definition) is 1. The SMILES string of the molecule is CCCC1NC(c2ccc(C)s2)N(CCC(C)(C)C)C1=O. The van der Waals surface area contributed by atoms with E-state index >= 15 is 0 Å². The van der Waals surface area contributed by atoms with Gasteiger partial charge in [-0.05, 0) is 37.3 Å². The second-order valence-corrected chi connectivity index (χ2v) is 8.52. The first-order chi connectivity index (χ1) is 9.81. The molecule has 1 aliphatic rings. The van der Waals surface area contributed by atoms with E-state index in [1.165, 1.54) is 9.75 Å². The molecule has 1 saturated heterocycles. The first-order valence-corrected chi connectivity index (χ1v) is 8.76. The van der Waals surface area contributed by atoms with Crippen LogP contribution in [0, 0.1) is 12.3 Å². The monoisotopic (exact) mass is 308 g/mol. The van der Waals surface area contributed by atoms with E-state index in [-0.39, 0.29) is 23.5 Å². The van der Waals surface area contributed by atoms with Gasteiger partial charge in [0.2, 0.25) is 5.91 Å². The lowest BCUT2D eigenvalue weighted by Crippen LogP contribution is -2.33. The van der Waals surface area contributed by atoms with E-state index < -0.39 is 0 Å². The third-order valence-electron chi connectivity index (χ3n) is 3.96. The molecule has 0 bridgehead atoms. The first-order valence-electron chi connectivity index (χ1n) is 7.94. The summed E-state index contributed by atoms with van der Waals surface area (Å²) in [5, 5.41) is 3.54. The van der Waals surface area contributed by atoms with Crippen LogP contribution in [0.4, 0.5) is 0 Å². The number of carbonyl (C=O) groups is 1. The lowest BCUT2D eigenvalue weighted by Gasteiger charge is -2.27. The van der Waals surface area contributed by atoms with Crippen LogP contribution in [0.2, 0.25) is 0 Å². The van der Waals surface area contributed by atoms with Crippen molar-refractivity contribution in [3.8, 4) is 0 Å². The van der Waals surface area contributed by atoms with Crippen molar-refractivity contribution in [3.05, 3.63) is 21.9 Å². The zero-order valence-electron chi connectivity index (χ0n) is 13.9. The van der Waals surface area contributed by atoms with E-state index in [4.69, 9.17) is 0 Å². The predicted molar refractivity (Wildman–Crippen MR) is 89.4 cm³/mol. The van der Waals surface area contributed by atoms with Gasteiger partial charge >= 0.3 is 0 Å². The molecule has 1 amide bonds. The normalized spacial score (nSPS) is 23.1. The summed E-state index contributed by atoms with van der Waals surface area (Å²) in [5.74, 6) is 0.275. The highest BCUT2D eigenvalue weighted by Crippen LogP contribution is 2.33. The second-order valence-electron chi connectivity index (χ2n) is 7.20. The van der Waals surface area contributed by atoms with Crippen LogP contribution in [0.5, 0.6) is 0 Å². The van der Waals surface area contributed by atoms with Crippen LogP contribution in [-0.2, 0) is 4.79 Å². The van der Waals surface area contributed by atoms with Gasteiger partial charge in [-0.1, -0.05) is 34.1 Å². The van der Waals surface area contributed by atoms with E-state index in [1.807, 2.05) is 0 Å². The third kappa shape index (κ3) is 4.07. The fourth-order valence-electron chi connectivity index (χ4n) is 2.71. The fraction of sp³-hybridized carbons (Fsp3) is 0.706. The van der Waals surface area contributed by atoms with Crippen LogP contribution in [-0.4, -0.2) is 23.4 Å². The quantitative estimate of drug-likeness (QED) is 0.888. The number of nitrogens with zero attached hydrogens (tertiary/aromatic N) is 1. The van der Waals surface area contributed by atoms with Gasteiger partial charge in [-0.15, -0.1) is 11.3 Å². The van der Waals surface area contributed by atoms with Gasteiger partial charge in [0.25, 0.3) is 0 Å². The van der Waals surface area contributed by atoms with Crippen LogP contribution < -0.4 is 5.32 Å². The molecule has 0 aromatic carbocycles. The summed E-state index contributed by atoms with van der Waals surface area (Å²) in [6.07, 6.45) is 3.05. The summed E-state index contributed by atoms with van der Waals surface area (Å²) in [6.45, 7) is 11.8. The van der Waals surface area contributed by atoms with Crippen molar-refractivity contribution in [2.45, 2.75) is 66.1 Å². The predicted octanol–water partition coefficient (Wildman–Crippen LogP) is 4.09. The number of carbonyl (C=O) groups excluding carboxylic acids is 1. The van der Waals surface area contributed by atoms with Crippen LogP contribution >= 0.6 is 11.3 Å². The molecular weight excluding hydrogens is 280 g/mol. The molecule has 2 heterocycles. The van der Waals surface area contributed by atoms with Crippen LogP contribution in [0.3, 0.4) is 0 Å². The van der Waals surface area contributed by atoms with E-state index in [1.54, 1.807) is 11.3 Å². The minimum atomic E-state index is -0.0117. The fourth-order valence-corrected chi connectivity index (χ4v) is 3.66. The Bertz CT molecular complexity index is 489. The zero-order valence-corrected chi connectivity index (χ0v) is 14.7. The molecule has 1 aliphatic heterocycles. The molecule has 21 heavy (non-hydrogen) atoms. The number of nitrogens with one attached hydrogen (secondary N) is 1. The molecular formula is C17H28N2OS. The molecule has 1 N–H and O–H groups in total. The molecule has 0 saturated carbocycles. The maximum Gasteiger partial charge on any atom is 0.241 e. The largest absolute Gasteiger partial charge is 0.321 e. The summed E-state index contributed by atoms with van der Waals surface area (Å²) < 4.78 is 0. The Labute approximate surface area is 132 Å². The summed E-state index contributed by atoms with van der Waals surface area (Å²) in [4.78, 5) is 17.3.